The normalized spacial score (nSPS) is 14.6. The standard InChI is InChI=1S/C24H24N4O2S/c1-15-13-22-25-26-24(28(22)21-14-18(30-3)10-11-19(15)21)31-16(2)23(29)27-12-6-8-17-7-4-5-9-20(17)27/h4-5,7,9-11,13-14,16H,6,8,12H2,1-3H3/t16-/m0/s1. The largest absolute Gasteiger partial charge is 0.497 e. The van der Waals surface area contributed by atoms with Crippen molar-refractivity contribution in [3.63, 3.8) is 0 Å². The zero-order valence-corrected chi connectivity index (χ0v) is 18.6. The molecule has 1 aliphatic heterocycles. The van der Waals surface area contributed by atoms with E-state index in [1.165, 1.54) is 17.3 Å². The summed E-state index contributed by atoms with van der Waals surface area (Å²) in [4.78, 5) is 15.3. The second-order valence-electron chi connectivity index (χ2n) is 7.87. The minimum Gasteiger partial charge on any atom is -0.497 e. The highest BCUT2D eigenvalue weighted by atomic mass is 32.2. The van der Waals surface area contributed by atoms with Gasteiger partial charge >= 0.3 is 0 Å². The number of aromatic nitrogens is 3. The molecule has 2 aromatic carbocycles. The Bertz CT molecular complexity index is 1300. The highest BCUT2D eigenvalue weighted by Crippen LogP contribution is 2.33. The molecule has 0 aliphatic carbocycles. The average molecular weight is 433 g/mol. The topological polar surface area (TPSA) is 59.7 Å². The van der Waals surface area contributed by atoms with Crippen molar-refractivity contribution in [3.8, 4) is 5.75 Å². The van der Waals surface area contributed by atoms with Crippen molar-refractivity contribution >= 4 is 39.9 Å². The number of thioether (sulfide) groups is 1. The van der Waals surface area contributed by atoms with Gasteiger partial charge in [0.05, 0.1) is 17.9 Å². The van der Waals surface area contributed by atoms with Gasteiger partial charge in [0.15, 0.2) is 10.8 Å². The fourth-order valence-corrected chi connectivity index (χ4v) is 5.23. The molecule has 0 bridgehead atoms. The maximum absolute atomic E-state index is 13.4. The highest BCUT2D eigenvalue weighted by Gasteiger charge is 2.28. The van der Waals surface area contributed by atoms with Crippen LogP contribution in [0.1, 0.15) is 24.5 Å². The molecule has 0 saturated heterocycles. The van der Waals surface area contributed by atoms with E-state index in [-0.39, 0.29) is 11.2 Å². The quantitative estimate of drug-likeness (QED) is 0.439. The summed E-state index contributed by atoms with van der Waals surface area (Å²) in [6.45, 7) is 4.76. The molecule has 0 saturated carbocycles. The molecule has 1 atom stereocenters. The number of fused-ring (bicyclic) bond motifs is 4. The number of para-hydroxylation sites is 1. The third-order valence-corrected chi connectivity index (χ3v) is 6.91. The number of carbonyl (C=O) groups is 1. The van der Waals surface area contributed by atoms with E-state index in [0.717, 1.165) is 52.9 Å². The van der Waals surface area contributed by atoms with E-state index < -0.39 is 0 Å². The molecule has 158 valence electrons. The molecule has 31 heavy (non-hydrogen) atoms. The molecule has 1 amide bonds. The summed E-state index contributed by atoms with van der Waals surface area (Å²) < 4.78 is 7.46. The van der Waals surface area contributed by atoms with Crippen LogP contribution in [0.4, 0.5) is 5.69 Å². The Balaban J connectivity index is 1.51. The van der Waals surface area contributed by atoms with Gasteiger partial charge in [-0.2, -0.15) is 0 Å². The van der Waals surface area contributed by atoms with Crippen molar-refractivity contribution in [3.05, 3.63) is 59.7 Å². The molecule has 1 aliphatic rings. The number of nitrogens with zero attached hydrogens (tertiary/aromatic N) is 4. The predicted octanol–water partition coefficient (Wildman–Crippen LogP) is 4.66. The van der Waals surface area contributed by atoms with Crippen LogP contribution in [-0.4, -0.2) is 39.4 Å². The molecule has 0 fully saturated rings. The van der Waals surface area contributed by atoms with Crippen LogP contribution in [-0.2, 0) is 11.2 Å². The summed E-state index contributed by atoms with van der Waals surface area (Å²) in [6.07, 6.45) is 2.00. The van der Waals surface area contributed by atoms with Crippen molar-refractivity contribution < 1.29 is 9.53 Å². The Labute approximate surface area is 185 Å². The van der Waals surface area contributed by atoms with Crippen LogP contribution in [0, 0.1) is 6.92 Å². The van der Waals surface area contributed by atoms with Gasteiger partial charge in [-0.05, 0) is 62.1 Å². The number of carbonyl (C=O) groups excluding carboxylic acids is 1. The van der Waals surface area contributed by atoms with Crippen molar-refractivity contribution in [1.82, 2.24) is 14.6 Å². The number of benzene rings is 2. The van der Waals surface area contributed by atoms with E-state index in [2.05, 4.69) is 29.3 Å². The van der Waals surface area contributed by atoms with Gasteiger partial charge in [-0.15, -0.1) is 10.2 Å². The first-order chi connectivity index (χ1) is 15.1. The van der Waals surface area contributed by atoms with Crippen LogP contribution in [0.15, 0.2) is 53.7 Å². The molecule has 0 spiro atoms. The molecule has 3 heterocycles. The number of rotatable bonds is 4. The van der Waals surface area contributed by atoms with Crippen LogP contribution in [0.2, 0.25) is 0 Å². The van der Waals surface area contributed by atoms with Crippen LogP contribution >= 0.6 is 11.8 Å². The van der Waals surface area contributed by atoms with Gasteiger partial charge in [0, 0.05) is 23.7 Å². The zero-order valence-electron chi connectivity index (χ0n) is 17.8. The van der Waals surface area contributed by atoms with Crippen LogP contribution in [0.5, 0.6) is 5.75 Å². The molecular weight excluding hydrogens is 408 g/mol. The molecule has 2 aromatic heterocycles. The van der Waals surface area contributed by atoms with Gasteiger partial charge in [-0.3, -0.25) is 9.20 Å². The van der Waals surface area contributed by atoms with Gasteiger partial charge in [0.2, 0.25) is 5.91 Å². The van der Waals surface area contributed by atoms with Gasteiger partial charge in [-0.25, -0.2) is 0 Å². The molecule has 0 radical (unpaired) electrons. The molecule has 0 N–H and O–H groups in total. The number of ether oxygens (including phenoxy) is 1. The molecular formula is C24H24N4O2S. The highest BCUT2D eigenvalue weighted by molar-refractivity contribution is 8.00. The summed E-state index contributed by atoms with van der Waals surface area (Å²) in [5.41, 5.74) is 5.14. The minimum atomic E-state index is -0.291. The Kier molecular flexibility index (Phi) is 5.06. The molecule has 0 unspecified atom stereocenters. The maximum Gasteiger partial charge on any atom is 0.240 e. The summed E-state index contributed by atoms with van der Waals surface area (Å²) in [5, 5.41) is 10.3. The van der Waals surface area contributed by atoms with E-state index in [1.807, 2.05) is 52.6 Å². The van der Waals surface area contributed by atoms with Crippen LogP contribution in [0.3, 0.4) is 0 Å². The van der Waals surface area contributed by atoms with Crippen molar-refractivity contribution in [2.24, 2.45) is 0 Å². The first kappa shape index (κ1) is 19.9. The molecule has 7 heteroatoms. The monoisotopic (exact) mass is 432 g/mol. The number of aryl methyl sites for hydroxylation is 2. The number of pyridine rings is 1. The van der Waals surface area contributed by atoms with E-state index in [0.29, 0.717) is 5.16 Å². The zero-order chi connectivity index (χ0) is 21.5. The fraction of sp³-hybridized carbons (Fsp3) is 0.292. The second-order valence-corrected chi connectivity index (χ2v) is 9.18. The second kappa shape index (κ2) is 7.89. The van der Waals surface area contributed by atoms with Crippen molar-refractivity contribution in [2.45, 2.75) is 37.1 Å². The molecule has 5 rings (SSSR count). The lowest BCUT2D eigenvalue weighted by Crippen LogP contribution is -2.40. The predicted molar refractivity (Wildman–Crippen MR) is 124 cm³/mol. The number of hydrogen-bond donors (Lipinski definition) is 0. The number of amides is 1. The van der Waals surface area contributed by atoms with E-state index >= 15 is 0 Å². The Morgan fingerprint density at radius 1 is 1.16 bits per heavy atom. The van der Waals surface area contributed by atoms with E-state index in [9.17, 15) is 4.79 Å². The van der Waals surface area contributed by atoms with Crippen LogP contribution in [0.25, 0.3) is 16.6 Å². The molecule has 4 aromatic rings. The Morgan fingerprint density at radius 2 is 2.00 bits per heavy atom. The third-order valence-electron chi connectivity index (χ3n) is 5.88. The first-order valence-corrected chi connectivity index (χ1v) is 11.3. The fourth-order valence-electron chi connectivity index (χ4n) is 4.30. The average Bonchev–Trinajstić information content (AvgIpc) is 3.20. The maximum atomic E-state index is 13.4. The number of anilines is 1. The lowest BCUT2D eigenvalue weighted by Gasteiger charge is -2.31. The lowest BCUT2D eigenvalue weighted by molar-refractivity contribution is -0.117. The summed E-state index contributed by atoms with van der Waals surface area (Å²) in [5.74, 6) is 0.876. The Hall–Kier alpha value is -3.06. The SMILES string of the molecule is COc1ccc2c(C)cc3nnc(S[C@@H](C)C(=O)N4CCCc5ccccc54)n3c2c1. The van der Waals surface area contributed by atoms with Gasteiger partial charge in [0.25, 0.3) is 0 Å². The molecule has 6 nitrogen and oxygen atoms in total. The van der Waals surface area contributed by atoms with Crippen LogP contribution < -0.4 is 9.64 Å². The minimum absolute atomic E-state index is 0.0999. The Morgan fingerprint density at radius 3 is 2.84 bits per heavy atom. The number of methoxy groups -OCH3 is 1. The van der Waals surface area contributed by atoms with Crippen molar-refractivity contribution in [1.29, 1.82) is 0 Å². The van der Waals surface area contributed by atoms with Gasteiger partial charge in [0.1, 0.15) is 5.75 Å². The summed E-state index contributed by atoms with van der Waals surface area (Å²) >= 11 is 1.45. The van der Waals surface area contributed by atoms with Gasteiger partial charge in [-0.1, -0.05) is 30.0 Å². The van der Waals surface area contributed by atoms with E-state index in [1.54, 1.807) is 7.11 Å². The van der Waals surface area contributed by atoms with Crippen molar-refractivity contribution in [2.75, 3.05) is 18.6 Å². The van der Waals surface area contributed by atoms with E-state index in [4.69, 9.17) is 4.74 Å². The summed E-state index contributed by atoms with van der Waals surface area (Å²) in [7, 11) is 1.66. The summed E-state index contributed by atoms with van der Waals surface area (Å²) in [6, 6.07) is 16.2. The lowest BCUT2D eigenvalue weighted by atomic mass is 10.0. The first-order valence-electron chi connectivity index (χ1n) is 10.5. The third kappa shape index (κ3) is 3.43. The van der Waals surface area contributed by atoms with Gasteiger partial charge < -0.3 is 9.64 Å². The number of hydrogen-bond acceptors (Lipinski definition) is 5. The smallest absolute Gasteiger partial charge is 0.240 e.